The number of nitrogens with zero attached hydrogens (tertiary/aromatic N) is 1. The molecule has 2 unspecified atom stereocenters. The minimum Gasteiger partial charge on any atom is -0.369 e. The van der Waals surface area contributed by atoms with Crippen molar-refractivity contribution in [3.8, 4) is 0 Å². The molecule has 0 radical (unpaired) electrons. The third kappa shape index (κ3) is 3.31. The molecule has 2 rings (SSSR count). The van der Waals surface area contributed by atoms with Crippen LogP contribution in [-0.4, -0.2) is 36.5 Å². The first-order valence-electron chi connectivity index (χ1n) is 6.37. The number of nitrogens with two attached hydrogens (primary N) is 2. The van der Waals surface area contributed by atoms with Crippen molar-refractivity contribution in [3.63, 3.8) is 0 Å². The molecule has 1 amide bonds. The molecule has 1 aromatic carbocycles. The Kier molecular flexibility index (Phi) is 3.99. The van der Waals surface area contributed by atoms with E-state index >= 15 is 0 Å². The number of benzene rings is 1. The summed E-state index contributed by atoms with van der Waals surface area (Å²) in [5.74, 6) is 0.112. The van der Waals surface area contributed by atoms with Crippen molar-refractivity contribution < 1.29 is 4.79 Å². The Labute approximate surface area is 108 Å². The van der Waals surface area contributed by atoms with E-state index in [4.69, 9.17) is 11.5 Å². The number of likely N-dealkylation sites (tertiary alicyclic amines) is 1. The van der Waals surface area contributed by atoms with Crippen LogP contribution in [-0.2, 0) is 4.79 Å². The molecule has 1 aromatic rings. The third-order valence-electron chi connectivity index (χ3n) is 3.49. The highest BCUT2D eigenvalue weighted by Crippen LogP contribution is 2.26. The summed E-state index contributed by atoms with van der Waals surface area (Å²) in [7, 11) is 0. The lowest BCUT2D eigenvalue weighted by Crippen LogP contribution is -2.48. The molecule has 0 bridgehead atoms. The number of carbonyl (C=O) groups excluding carboxylic acids is 1. The molecule has 1 fully saturated rings. The second-order valence-corrected chi connectivity index (χ2v) is 5.26. The Morgan fingerprint density at radius 3 is 2.61 bits per heavy atom. The van der Waals surface area contributed by atoms with Gasteiger partial charge in [-0.3, -0.25) is 9.69 Å². The van der Waals surface area contributed by atoms with Gasteiger partial charge in [0.25, 0.3) is 0 Å². The smallest absolute Gasteiger partial charge is 0.231 e. The molecule has 1 saturated heterocycles. The Bertz CT molecular complexity index is 416. The average Bonchev–Trinajstić information content (AvgIpc) is 2.28. The van der Waals surface area contributed by atoms with Gasteiger partial charge in [0.15, 0.2) is 0 Å². The maximum atomic E-state index is 11.0. The molecule has 0 aliphatic carbocycles. The van der Waals surface area contributed by atoms with Crippen LogP contribution in [0.5, 0.6) is 0 Å². The van der Waals surface area contributed by atoms with E-state index in [0.29, 0.717) is 12.5 Å². The van der Waals surface area contributed by atoms with E-state index in [1.54, 1.807) is 0 Å². The summed E-state index contributed by atoms with van der Waals surface area (Å²) in [6.45, 7) is 4.00. The molecule has 4 nitrogen and oxygen atoms in total. The fraction of sp³-hybridized carbons (Fsp3) is 0.500. The summed E-state index contributed by atoms with van der Waals surface area (Å²) in [4.78, 5) is 13.1. The third-order valence-corrected chi connectivity index (χ3v) is 3.49. The quantitative estimate of drug-likeness (QED) is 0.821. The zero-order chi connectivity index (χ0) is 13.1. The predicted octanol–water partition coefficient (Wildman–Crippen LogP) is 0.597. The van der Waals surface area contributed by atoms with Gasteiger partial charge in [0, 0.05) is 19.1 Å². The number of rotatable bonds is 3. The van der Waals surface area contributed by atoms with Gasteiger partial charge in [-0.25, -0.2) is 0 Å². The topological polar surface area (TPSA) is 72.3 Å². The Morgan fingerprint density at radius 1 is 1.33 bits per heavy atom. The summed E-state index contributed by atoms with van der Waals surface area (Å²) < 4.78 is 0. The molecular weight excluding hydrogens is 226 g/mol. The van der Waals surface area contributed by atoms with Crippen molar-refractivity contribution >= 4 is 5.91 Å². The highest BCUT2D eigenvalue weighted by atomic mass is 16.1. The number of hydrogen-bond acceptors (Lipinski definition) is 3. The minimum absolute atomic E-state index is 0.115. The molecular formula is C14H21N3O. The van der Waals surface area contributed by atoms with Crippen molar-refractivity contribution in [2.75, 3.05) is 19.6 Å². The van der Waals surface area contributed by atoms with Crippen molar-refractivity contribution in [2.45, 2.75) is 25.3 Å². The average molecular weight is 247 g/mol. The van der Waals surface area contributed by atoms with E-state index in [9.17, 15) is 4.79 Å². The highest BCUT2D eigenvalue weighted by molar-refractivity contribution is 5.75. The van der Waals surface area contributed by atoms with Gasteiger partial charge in [-0.1, -0.05) is 29.8 Å². The van der Waals surface area contributed by atoms with E-state index in [1.165, 1.54) is 11.1 Å². The van der Waals surface area contributed by atoms with Crippen LogP contribution in [0.3, 0.4) is 0 Å². The molecule has 0 spiro atoms. The van der Waals surface area contributed by atoms with Crippen molar-refractivity contribution in [1.82, 2.24) is 4.90 Å². The van der Waals surface area contributed by atoms with E-state index in [1.807, 2.05) is 0 Å². The molecule has 98 valence electrons. The largest absolute Gasteiger partial charge is 0.369 e. The summed E-state index contributed by atoms with van der Waals surface area (Å²) in [6, 6.07) is 8.66. The zero-order valence-electron chi connectivity index (χ0n) is 10.8. The fourth-order valence-corrected chi connectivity index (χ4v) is 2.66. The van der Waals surface area contributed by atoms with Crippen molar-refractivity contribution in [3.05, 3.63) is 35.4 Å². The molecule has 0 aromatic heterocycles. The Hall–Kier alpha value is -1.39. The number of amides is 1. The van der Waals surface area contributed by atoms with Gasteiger partial charge in [-0.2, -0.15) is 0 Å². The van der Waals surface area contributed by atoms with Crippen molar-refractivity contribution in [1.29, 1.82) is 0 Å². The van der Waals surface area contributed by atoms with E-state index in [0.717, 1.165) is 19.5 Å². The fourth-order valence-electron chi connectivity index (χ4n) is 2.66. The van der Waals surface area contributed by atoms with E-state index < -0.39 is 0 Å². The molecule has 0 saturated carbocycles. The van der Waals surface area contributed by atoms with Crippen LogP contribution in [0.25, 0.3) is 0 Å². The zero-order valence-corrected chi connectivity index (χ0v) is 10.8. The normalized spacial score (nSPS) is 25.0. The van der Waals surface area contributed by atoms with Crippen LogP contribution < -0.4 is 11.5 Å². The maximum Gasteiger partial charge on any atom is 0.231 e. The van der Waals surface area contributed by atoms with Crippen LogP contribution >= 0.6 is 0 Å². The maximum absolute atomic E-state index is 11.0. The molecule has 4 N–H and O–H groups in total. The molecule has 18 heavy (non-hydrogen) atoms. The number of piperidine rings is 1. The van der Waals surface area contributed by atoms with Gasteiger partial charge in [-0.05, 0) is 24.8 Å². The Morgan fingerprint density at radius 2 is 2.00 bits per heavy atom. The Balaban J connectivity index is 2.08. The van der Waals surface area contributed by atoms with Gasteiger partial charge in [-0.15, -0.1) is 0 Å². The monoisotopic (exact) mass is 247 g/mol. The van der Waals surface area contributed by atoms with E-state index in [2.05, 4.69) is 36.1 Å². The van der Waals surface area contributed by atoms with Crippen LogP contribution in [0.15, 0.2) is 24.3 Å². The lowest BCUT2D eigenvalue weighted by Gasteiger charge is -2.35. The van der Waals surface area contributed by atoms with Crippen molar-refractivity contribution in [2.24, 2.45) is 11.5 Å². The number of aryl methyl sites for hydroxylation is 1. The van der Waals surface area contributed by atoms with E-state index in [-0.39, 0.29) is 11.9 Å². The SMILES string of the molecule is Cc1ccc(C2CC(N)CN(CC(N)=O)C2)cc1. The summed E-state index contributed by atoms with van der Waals surface area (Å²) in [5, 5.41) is 0. The van der Waals surface area contributed by atoms with Gasteiger partial charge in [0.05, 0.1) is 6.54 Å². The molecule has 2 atom stereocenters. The molecule has 1 heterocycles. The standard InChI is InChI=1S/C14H21N3O/c1-10-2-4-11(5-3-10)12-6-13(15)8-17(7-12)9-14(16)18/h2-5,12-13H,6-9,15H2,1H3,(H2,16,18). The van der Waals surface area contributed by atoms with Gasteiger partial charge < -0.3 is 11.5 Å². The highest BCUT2D eigenvalue weighted by Gasteiger charge is 2.26. The molecule has 1 aliphatic heterocycles. The van der Waals surface area contributed by atoms with Crippen LogP contribution in [0.2, 0.25) is 0 Å². The predicted molar refractivity (Wildman–Crippen MR) is 72.1 cm³/mol. The first-order valence-corrected chi connectivity index (χ1v) is 6.37. The number of carbonyl (C=O) groups is 1. The lowest BCUT2D eigenvalue weighted by atomic mass is 9.88. The minimum atomic E-state index is -0.285. The molecule has 4 heteroatoms. The number of hydrogen-bond donors (Lipinski definition) is 2. The van der Waals surface area contributed by atoms with Crippen LogP contribution in [0, 0.1) is 6.92 Å². The van der Waals surface area contributed by atoms with Crippen LogP contribution in [0.1, 0.15) is 23.5 Å². The van der Waals surface area contributed by atoms with Gasteiger partial charge in [0.2, 0.25) is 5.91 Å². The summed E-state index contributed by atoms with van der Waals surface area (Å²) in [5.41, 5.74) is 13.9. The first kappa shape index (κ1) is 13.1. The molecule has 1 aliphatic rings. The summed E-state index contributed by atoms with van der Waals surface area (Å²) >= 11 is 0. The van der Waals surface area contributed by atoms with Gasteiger partial charge >= 0.3 is 0 Å². The lowest BCUT2D eigenvalue weighted by molar-refractivity contribution is -0.119. The van der Waals surface area contributed by atoms with Gasteiger partial charge in [0.1, 0.15) is 0 Å². The second-order valence-electron chi connectivity index (χ2n) is 5.26. The second kappa shape index (κ2) is 5.50. The number of primary amides is 1. The first-order chi connectivity index (χ1) is 8.54. The van der Waals surface area contributed by atoms with Crippen LogP contribution in [0.4, 0.5) is 0 Å². The summed E-state index contributed by atoms with van der Waals surface area (Å²) in [6.07, 6.45) is 0.971.